The largest absolute Gasteiger partial charge is 0.497 e. The molecule has 28 heavy (non-hydrogen) atoms. The molecule has 0 saturated carbocycles. The van der Waals surface area contributed by atoms with E-state index in [1.165, 1.54) is 0 Å². The van der Waals surface area contributed by atoms with Crippen LogP contribution in [0.15, 0.2) is 48.5 Å². The first kappa shape index (κ1) is 19.9. The van der Waals surface area contributed by atoms with Gasteiger partial charge >= 0.3 is 0 Å². The molecule has 0 radical (unpaired) electrons. The highest BCUT2D eigenvalue weighted by atomic mass is 16.5. The van der Waals surface area contributed by atoms with Gasteiger partial charge in [-0.3, -0.25) is 4.79 Å². The Labute approximate surface area is 166 Å². The van der Waals surface area contributed by atoms with E-state index < -0.39 is 0 Å². The van der Waals surface area contributed by atoms with Crippen LogP contribution in [0.1, 0.15) is 13.3 Å². The first-order valence-electron chi connectivity index (χ1n) is 9.72. The van der Waals surface area contributed by atoms with E-state index in [4.69, 9.17) is 14.2 Å². The van der Waals surface area contributed by atoms with Crippen molar-refractivity contribution in [3.05, 3.63) is 48.5 Å². The summed E-state index contributed by atoms with van der Waals surface area (Å²) in [5, 5.41) is 0. The van der Waals surface area contributed by atoms with Crippen molar-refractivity contribution in [2.45, 2.75) is 13.3 Å². The molecule has 1 saturated heterocycles. The second-order valence-corrected chi connectivity index (χ2v) is 6.68. The van der Waals surface area contributed by atoms with Gasteiger partial charge < -0.3 is 24.0 Å². The molecule has 2 aromatic carbocycles. The van der Waals surface area contributed by atoms with Gasteiger partial charge in [-0.15, -0.1) is 0 Å². The SMILES string of the molecule is CCCOc1ccc(OCC(=O)N2CCN(c3cccc(OC)c3)CC2)cc1. The predicted octanol–water partition coefficient (Wildman–Crippen LogP) is 3.21. The molecule has 1 amide bonds. The lowest BCUT2D eigenvalue weighted by Crippen LogP contribution is -2.50. The van der Waals surface area contributed by atoms with E-state index in [0.717, 1.165) is 36.7 Å². The van der Waals surface area contributed by atoms with Gasteiger partial charge in [-0.25, -0.2) is 0 Å². The fourth-order valence-electron chi connectivity index (χ4n) is 3.11. The van der Waals surface area contributed by atoms with E-state index in [9.17, 15) is 4.79 Å². The van der Waals surface area contributed by atoms with E-state index in [1.807, 2.05) is 47.4 Å². The highest BCUT2D eigenvalue weighted by Crippen LogP contribution is 2.22. The fraction of sp³-hybridized carbons (Fsp3) is 0.409. The Morgan fingerprint density at radius 1 is 0.929 bits per heavy atom. The normalized spacial score (nSPS) is 13.9. The average molecular weight is 384 g/mol. The number of anilines is 1. The summed E-state index contributed by atoms with van der Waals surface area (Å²) in [6.07, 6.45) is 0.970. The minimum Gasteiger partial charge on any atom is -0.497 e. The average Bonchev–Trinajstić information content (AvgIpc) is 2.77. The molecular formula is C22H28N2O4. The van der Waals surface area contributed by atoms with Crippen LogP contribution in [-0.4, -0.2) is 57.3 Å². The van der Waals surface area contributed by atoms with Gasteiger partial charge in [0.15, 0.2) is 6.61 Å². The molecule has 150 valence electrons. The van der Waals surface area contributed by atoms with Crippen LogP contribution in [-0.2, 0) is 4.79 Å². The summed E-state index contributed by atoms with van der Waals surface area (Å²) in [5.41, 5.74) is 1.12. The molecule has 0 atom stereocenters. The van der Waals surface area contributed by atoms with E-state index in [-0.39, 0.29) is 12.5 Å². The summed E-state index contributed by atoms with van der Waals surface area (Å²) in [7, 11) is 1.67. The molecule has 2 aromatic rings. The molecular weight excluding hydrogens is 356 g/mol. The maximum Gasteiger partial charge on any atom is 0.260 e. The standard InChI is InChI=1S/C22H28N2O4/c1-3-15-27-19-7-9-20(10-8-19)28-17-22(25)24-13-11-23(12-14-24)18-5-4-6-21(16-18)26-2/h4-10,16H,3,11-15,17H2,1-2H3. The second kappa shape index (κ2) is 9.88. The maximum atomic E-state index is 12.5. The molecule has 1 heterocycles. The maximum absolute atomic E-state index is 12.5. The highest BCUT2D eigenvalue weighted by Gasteiger charge is 2.21. The van der Waals surface area contributed by atoms with Crippen molar-refractivity contribution >= 4 is 11.6 Å². The number of amides is 1. The van der Waals surface area contributed by atoms with Crippen LogP contribution in [0.2, 0.25) is 0 Å². The van der Waals surface area contributed by atoms with Gasteiger partial charge in [0.05, 0.1) is 13.7 Å². The molecule has 1 aliphatic heterocycles. The van der Waals surface area contributed by atoms with E-state index in [0.29, 0.717) is 25.4 Å². The Kier molecular flexibility index (Phi) is 7.00. The quantitative estimate of drug-likeness (QED) is 0.700. The van der Waals surface area contributed by atoms with E-state index in [1.54, 1.807) is 7.11 Å². The Morgan fingerprint density at radius 2 is 1.61 bits per heavy atom. The van der Waals surface area contributed by atoms with Crippen molar-refractivity contribution in [1.82, 2.24) is 4.90 Å². The summed E-state index contributed by atoms with van der Waals surface area (Å²) >= 11 is 0. The number of methoxy groups -OCH3 is 1. The van der Waals surface area contributed by atoms with Crippen LogP contribution in [0.5, 0.6) is 17.2 Å². The van der Waals surface area contributed by atoms with Crippen molar-refractivity contribution in [2.24, 2.45) is 0 Å². The molecule has 0 aliphatic carbocycles. The summed E-state index contributed by atoms with van der Waals surface area (Å²) in [6.45, 7) is 5.77. The van der Waals surface area contributed by atoms with Crippen LogP contribution < -0.4 is 19.1 Å². The molecule has 0 aromatic heterocycles. The van der Waals surface area contributed by atoms with Gasteiger partial charge in [-0.1, -0.05) is 13.0 Å². The van der Waals surface area contributed by atoms with Crippen molar-refractivity contribution in [3.8, 4) is 17.2 Å². The Morgan fingerprint density at radius 3 is 2.25 bits per heavy atom. The lowest BCUT2D eigenvalue weighted by Gasteiger charge is -2.36. The molecule has 0 unspecified atom stereocenters. The molecule has 3 rings (SSSR count). The smallest absolute Gasteiger partial charge is 0.260 e. The Bertz CT molecular complexity index is 755. The number of carbonyl (C=O) groups is 1. The summed E-state index contributed by atoms with van der Waals surface area (Å²) in [5.74, 6) is 2.34. The van der Waals surface area contributed by atoms with Crippen molar-refractivity contribution < 1.29 is 19.0 Å². The monoisotopic (exact) mass is 384 g/mol. The number of nitrogens with zero attached hydrogens (tertiary/aromatic N) is 2. The van der Waals surface area contributed by atoms with Gasteiger partial charge in [0.1, 0.15) is 17.2 Å². The predicted molar refractivity (Wildman–Crippen MR) is 110 cm³/mol. The number of rotatable bonds is 8. The van der Waals surface area contributed by atoms with Gasteiger partial charge in [0, 0.05) is 37.9 Å². The molecule has 0 spiro atoms. The lowest BCUT2D eigenvalue weighted by molar-refractivity contribution is -0.133. The molecule has 0 N–H and O–H groups in total. The lowest BCUT2D eigenvalue weighted by atomic mass is 10.2. The Balaban J connectivity index is 1.44. The number of hydrogen-bond donors (Lipinski definition) is 0. The number of ether oxygens (including phenoxy) is 3. The number of hydrogen-bond acceptors (Lipinski definition) is 5. The first-order valence-corrected chi connectivity index (χ1v) is 9.72. The number of carbonyl (C=O) groups excluding carboxylic acids is 1. The third-order valence-electron chi connectivity index (χ3n) is 4.71. The molecule has 1 aliphatic rings. The van der Waals surface area contributed by atoms with E-state index >= 15 is 0 Å². The van der Waals surface area contributed by atoms with Crippen LogP contribution >= 0.6 is 0 Å². The van der Waals surface area contributed by atoms with Crippen molar-refractivity contribution in [2.75, 3.05) is 51.4 Å². The van der Waals surface area contributed by atoms with Crippen molar-refractivity contribution in [1.29, 1.82) is 0 Å². The first-order chi connectivity index (χ1) is 13.7. The van der Waals surface area contributed by atoms with Crippen LogP contribution in [0.3, 0.4) is 0 Å². The second-order valence-electron chi connectivity index (χ2n) is 6.68. The third kappa shape index (κ3) is 5.31. The van der Waals surface area contributed by atoms with Crippen LogP contribution in [0.25, 0.3) is 0 Å². The van der Waals surface area contributed by atoms with Crippen molar-refractivity contribution in [3.63, 3.8) is 0 Å². The van der Waals surface area contributed by atoms with Gasteiger partial charge in [0.25, 0.3) is 5.91 Å². The Hall–Kier alpha value is -2.89. The summed E-state index contributed by atoms with van der Waals surface area (Å²) in [6, 6.07) is 15.4. The topological polar surface area (TPSA) is 51.2 Å². The minimum atomic E-state index is 0.0107. The number of piperazine rings is 1. The third-order valence-corrected chi connectivity index (χ3v) is 4.71. The van der Waals surface area contributed by atoms with E-state index in [2.05, 4.69) is 17.9 Å². The molecule has 6 heteroatoms. The van der Waals surface area contributed by atoms with Crippen LogP contribution in [0, 0.1) is 0 Å². The molecule has 6 nitrogen and oxygen atoms in total. The zero-order valence-corrected chi connectivity index (χ0v) is 16.6. The fourth-order valence-corrected chi connectivity index (χ4v) is 3.11. The van der Waals surface area contributed by atoms with Crippen LogP contribution in [0.4, 0.5) is 5.69 Å². The molecule has 1 fully saturated rings. The summed E-state index contributed by atoms with van der Waals surface area (Å²) < 4.78 is 16.5. The summed E-state index contributed by atoms with van der Waals surface area (Å²) in [4.78, 5) is 16.6. The van der Waals surface area contributed by atoms with Gasteiger partial charge in [0.2, 0.25) is 0 Å². The molecule has 0 bridgehead atoms. The number of benzene rings is 2. The zero-order chi connectivity index (χ0) is 19.8. The van der Waals surface area contributed by atoms with Gasteiger partial charge in [-0.2, -0.15) is 0 Å². The zero-order valence-electron chi connectivity index (χ0n) is 16.6. The van der Waals surface area contributed by atoms with Gasteiger partial charge in [-0.05, 0) is 42.8 Å². The highest BCUT2D eigenvalue weighted by molar-refractivity contribution is 5.78. The minimum absolute atomic E-state index is 0.0107.